The van der Waals surface area contributed by atoms with E-state index in [1.807, 2.05) is 45.9 Å². The summed E-state index contributed by atoms with van der Waals surface area (Å²) in [4.78, 5) is 26.0. The summed E-state index contributed by atoms with van der Waals surface area (Å²) < 4.78 is 17.8. The van der Waals surface area contributed by atoms with Crippen molar-refractivity contribution in [2.75, 3.05) is 0 Å². The standard InChI is InChI=1S/C30H40O5/c1-10-30(9,11-2)34-22-15-12-20(13-16-22)29(7,8)21-14-17-24-23(18-21)25(31)35-28(5,6)19-27(3,4)26(32)33-24/h12-18H,10-11,19H2,1-9H3. The van der Waals surface area contributed by atoms with Crippen LogP contribution >= 0.6 is 0 Å². The van der Waals surface area contributed by atoms with E-state index in [0.717, 1.165) is 29.7 Å². The van der Waals surface area contributed by atoms with Gasteiger partial charge in [0.05, 0.1) is 5.41 Å². The maximum absolute atomic E-state index is 13.2. The van der Waals surface area contributed by atoms with Gasteiger partial charge in [0, 0.05) is 11.8 Å². The van der Waals surface area contributed by atoms with Gasteiger partial charge in [0.15, 0.2) is 0 Å². The van der Waals surface area contributed by atoms with Gasteiger partial charge in [-0.15, -0.1) is 0 Å². The molecule has 0 aliphatic carbocycles. The van der Waals surface area contributed by atoms with E-state index in [1.165, 1.54) is 0 Å². The number of benzene rings is 2. The number of rotatable bonds is 6. The van der Waals surface area contributed by atoms with Crippen LogP contribution in [-0.4, -0.2) is 23.1 Å². The molecule has 3 rings (SSSR count). The van der Waals surface area contributed by atoms with Crippen LogP contribution in [0.1, 0.15) is 103 Å². The highest BCUT2D eigenvalue weighted by atomic mass is 16.6. The maximum atomic E-state index is 13.2. The summed E-state index contributed by atoms with van der Waals surface area (Å²) in [5, 5.41) is 0. The van der Waals surface area contributed by atoms with Crippen LogP contribution in [-0.2, 0) is 14.9 Å². The first-order chi connectivity index (χ1) is 16.1. The minimum absolute atomic E-state index is 0.189. The van der Waals surface area contributed by atoms with Gasteiger partial charge in [-0.1, -0.05) is 45.9 Å². The summed E-state index contributed by atoms with van der Waals surface area (Å²) >= 11 is 0. The van der Waals surface area contributed by atoms with Crippen molar-refractivity contribution in [2.45, 2.75) is 98.2 Å². The summed E-state index contributed by atoms with van der Waals surface area (Å²) in [6.07, 6.45) is 2.22. The molecule has 2 aromatic rings. The third-order valence-corrected chi connectivity index (χ3v) is 7.35. The molecule has 1 heterocycles. The molecule has 0 bridgehead atoms. The SMILES string of the molecule is CCC(C)(CC)Oc1ccc(C(C)(C)c2ccc3c(c2)C(=O)OC(C)(C)CC(C)(C)C(=O)O3)cc1. The third-order valence-electron chi connectivity index (χ3n) is 7.35. The van der Waals surface area contributed by atoms with E-state index >= 15 is 0 Å². The van der Waals surface area contributed by atoms with Crippen molar-refractivity contribution < 1.29 is 23.8 Å². The topological polar surface area (TPSA) is 61.8 Å². The molecule has 2 aromatic carbocycles. The fourth-order valence-corrected chi connectivity index (χ4v) is 4.67. The predicted octanol–water partition coefficient (Wildman–Crippen LogP) is 7.24. The Morgan fingerprint density at radius 3 is 2.03 bits per heavy atom. The van der Waals surface area contributed by atoms with Crippen molar-refractivity contribution in [3.63, 3.8) is 0 Å². The number of cyclic esters (lactones) is 1. The van der Waals surface area contributed by atoms with E-state index in [-0.39, 0.29) is 22.9 Å². The van der Waals surface area contributed by atoms with E-state index in [1.54, 1.807) is 12.1 Å². The lowest BCUT2D eigenvalue weighted by Crippen LogP contribution is -2.38. The molecule has 0 saturated heterocycles. The highest BCUT2D eigenvalue weighted by Gasteiger charge is 2.41. The second kappa shape index (κ2) is 9.33. The predicted molar refractivity (Wildman–Crippen MR) is 138 cm³/mol. The zero-order chi connectivity index (χ0) is 26.2. The van der Waals surface area contributed by atoms with Crippen LogP contribution in [0.3, 0.4) is 0 Å². The lowest BCUT2D eigenvalue weighted by atomic mass is 9.77. The molecule has 35 heavy (non-hydrogen) atoms. The van der Waals surface area contributed by atoms with Crippen molar-refractivity contribution in [2.24, 2.45) is 5.41 Å². The first-order valence-electron chi connectivity index (χ1n) is 12.5. The van der Waals surface area contributed by atoms with Crippen molar-refractivity contribution in [1.29, 1.82) is 0 Å². The van der Waals surface area contributed by atoms with Gasteiger partial charge in [-0.25, -0.2) is 4.79 Å². The van der Waals surface area contributed by atoms with Gasteiger partial charge in [-0.3, -0.25) is 4.79 Å². The Morgan fingerprint density at radius 1 is 0.886 bits per heavy atom. The van der Waals surface area contributed by atoms with Gasteiger partial charge >= 0.3 is 11.9 Å². The Morgan fingerprint density at radius 2 is 1.46 bits per heavy atom. The molecule has 1 aliphatic rings. The Hall–Kier alpha value is -2.82. The number of hydrogen-bond acceptors (Lipinski definition) is 5. The summed E-state index contributed by atoms with van der Waals surface area (Å²) in [6.45, 7) is 17.9. The van der Waals surface area contributed by atoms with Crippen LogP contribution in [0.25, 0.3) is 0 Å². The normalized spacial score (nSPS) is 17.9. The van der Waals surface area contributed by atoms with Gasteiger partial charge in [0.1, 0.15) is 28.3 Å². The molecule has 0 fully saturated rings. The summed E-state index contributed by atoms with van der Waals surface area (Å²) in [7, 11) is 0. The molecule has 0 N–H and O–H groups in total. The Kier molecular flexibility index (Phi) is 7.14. The van der Waals surface area contributed by atoms with E-state index in [4.69, 9.17) is 14.2 Å². The fourth-order valence-electron chi connectivity index (χ4n) is 4.67. The molecule has 0 spiro atoms. The fraction of sp³-hybridized carbons (Fsp3) is 0.533. The van der Waals surface area contributed by atoms with E-state index in [2.05, 4.69) is 46.8 Å². The van der Waals surface area contributed by atoms with Crippen LogP contribution in [0, 0.1) is 5.41 Å². The van der Waals surface area contributed by atoms with Crippen LogP contribution in [0.5, 0.6) is 11.5 Å². The van der Waals surface area contributed by atoms with Crippen molar-refractivity contribution in [3.05, 3.63) is 59.2 Å². The minimum Gasteiger partial charge on any atom is -0.488 e. The van der Waals surface area contributed by atoms with Gasteiger partial charge in [-0.2, -0.15) is 0 Å². The molecule has 0 unspecified atom stereocenters. The largest absolute Gasteiger partial charge is 0.488 e. The summed E-state index contributed by atoms with van der Waals surface area (Å²) in [5.74, 6) is 0.201. The highest BCUT2D eigenvalue weighted by molar-refractivity contribution is 5.95. The van der Waals surface area contributed by atoms with Crippen LogP contribution in [0.2, 0.25) is 0 Å². The number of hydrogen-bond donors (Lipinski definition) is 0. The van der Waals surface area contributed by atoms with Crippen molar-refractivity contribution >= 4 is 11.9 Å². The molecule has 0 atom stereocenters. The van der Waals surface area contributed by atoms with Crippen molar-refractivity contribution in [3.8, 4) is 11.5 Å². The van der Waals surface area contributed by atoms with Crippen LogP contribution in [0.4, 0.5) is 0 Å². The van der Waals surface area contributed by atoms with Crippen LogP contribution in [0.15, 0.2) is 42.5 Å². The number of fused-ring (bicyclic) bond motifs is 1. The first-order valence-corrected chi connectivity index (χ1v) is 12.5. The number of ether oxygens (including phenoxy) is 3. The molecule has 5 heteroatoms. The number of carbonyl (C=O) groups is 2. The lowest BCUT2D eigenvalue weighted by Gasteiger charge is -2.31. The van der Waals surface area contributed by atoms with Gasteiger partial charge < -0.3 is 14.2 Å². The second-order valence-corrected chi connectivity index (χ2v) is 11.7. The van der Waals surface area contributed by atoms with Gasteiger partial charge in [0.25, 0.3) is 0 Å². The summed E-state index contributed by atoms with van der Waals surface area (Å²) in [6, 6.07) is 13.5. The van der Waals surface area contributed by atoms with Crippen LogP contribution < -0.4 is 9.47 Å². The summed E-state index contributed by atoms with van der Waals surface area (Å²) in [5.41, 5.74) is 0.0503. The molecule has 190 valence electrons. The zero-order valence-electron chi connectivity index (χ0n) is 22.7. The molecule has 0 aromatic heterocycles. The highest BCUT2D eigenvalue weighted by Crippen LogP contribution is 2.39. The Bertz CT molecular complexity index is 1090. The zero-order valence-corrected chi connectivity index (χ0v) is 22.7. The molecular formula is C30H40O5. The van der Waals surface area contributed by atoms with E-state index in [0.29, 0.717) is 6.42 Å². The first kappa shape index (κ1) is 26.8. The maximum Gasteiger partial charge on any atom is 0.342 e. The average molecular weight is 481 g/mol. The van der Waals surface area contributed by atoms with E-state index < -0.39 is 22.4 Å². The molecule has 0 saturated carbocycles. The number of esters is 2. The second-order valence-electron chi connectivity index (χ2n) is 11.7. The molecule has 1 aliphatic heterocycles. The van der Waals surface area contributed by atoms with E-state index in [9.17, 15) is 9.59 Å². The third kappa shape index (κ3) is 5.71. The number of carbonyl (C=O) groups excluding carboxylic acids is 2. The van der Waals surface area contributed by atoms with Gasteiger partial charge in [-0.05, 0) is 82.9 Å². The molecule has 5 nitrogen and oxygen atoms in total. The molecule has 0 amide bonds. The monoisotopic (exact) mass is 480 g/mol. The average Bonchev–Trinajstić information content (AvgIpc) is 2.80. The Labute approximate surface area is 210 Å². The van der Waals surface area contributed by atoms with Gasteiger partial charge in [0.2, 0.25) is 0 Å². The van der Waals surface area contributed by atoms with Crippen molar-refractivity contribution in [1.82, 2.24) is 0 Å². The quantitative estimate of drug-likeness (QED) is 0.322. The lowest BCUT2D eigenvalue weighted by molar-refractivity contribution is -0.146. The minimum atomic E-state index is -0.811. The molecule has 0 radical (unpaired) electrons. The smallest absolute Gasteiger partial charge is 0.342 e. The Balaban J connectivity index is 1.97. The molecular weight excluding hydrogens is 440 g/mol.